The van der Waals surface area contributed by atoms with Crippen molar-refractivity contribution in [2.24, 2.45) is 0 Å². The van der Waals surface area contributed by atoms with Crippen molar-refractivity contribution >= 4 is 27.4 Å². The number of nitrogens with zero attached hydrogens (tertiary/aromatic N) is 1. The lowest BCUT2D eigenvalue weighted by Gasteiger charge is -2.21. The minimum absolute atomic E-state index is 0.115. The molecule has 1 aromatic heterocycles. The number of aliphatic hydroxyl groups is 1. The van der Waals surface area contributed by atoms with Crippen LogP contribution < -0.4 is 10.5 Å². The molecular weight excluding hydrogens is 353 g/mol. The molecule has 0 spiro atoms. The van der Waals surface area contributed by atoms with Crippen molar-refractivity contribution in [3.63, 3.8) is 0 Å². The van der Waals surface area contributed by atoms with Crippen LogP contribution in [-0.4, -0.2) is 29.6 Å². The molecule has 25 heavy (non-hydrogen) atoms. The van der Waals surface area contributed by atoms with Crippen molar-refractivity contribution in [1.82, 2.24) is 9.71 Å². The van der Waals surface area contributed by atoms with E-state index in [1.807, 2.05) is 0 Å². The van der Waals surface area contributed by atoms with Crippen molar-refractivity contribution in [3.8, 4) is 0 Å². The summed E-state index contributed by atoms with van der Waals surface area (Å²) in [4.78, 5) is 14.9. The van der Waals surface area contributed by atoms with Gasteiger partial charge in [-0.25, -0.2) is 14.2 Å². The van der Waals surface area contributed by atoms with Gasteiger partial charge in [0, 0.05) is 12.6 Å². The van der Waals surface area contributed by atoms with E-state index in [4.69, 9.17) is 10.8 Å². The molecule has 2 aromatic rings. The number of sulfonamides is 1. The van der Waals surface area contributed by atoms with Gasteiger partial charge in [0.1, 0.15) is 5.82 Å². The normalized spacial score (nSPS) is 15.4. The molecule has 0 saturated carbocycles. The fraction of sp³-hybridized carbons (Fsp3) is 0.0667. The van der Waals surface area contributed by atoms with Gasteiger partial charge in [-0.2, -0.15) is 8.42 Å². The monoisotopic (exact) mass is 365 g/mol. The average Bonchev–Trinajstić information content (AvgIpc) is 2.54. The standard InChI is InChI=1S/C15H12FN3O5S/c16-9-3-1-7(2-4-9)5-8-6-18-14-10(11(8)17)13(20)12(15(21)22)19-25(14,23)24/h1-4,6,19-20H,5H2,(H2,17,18)(H,21,22). The number of hydrogen-bond acceptors (Lipinski definition) is 6. The zero-order valence-corrected chi connectivity index (χ0v) is 13.3. The predicted molar refractivity (Wildman–Crippen MR) is 85.4 cm³/mol. The van der Waals surface area contributed by atoms with E-state index in [9.17, 15) is 22.7 Å². The minimum atomic E-state index is -4.28. The zero-order chi connectivity index (χ0) is 18.4. The number of rotatable bonds is 3. The summed E-state index contributed by atoms with van der Waals surface area (Å²) in [5.74, 6) is -2.89. The number of carboxylic acid groups (broad SMARTS) is 1. The van der Waals surface area contributed by atoms with Crippen LogP contribution in [0.15, 0.2) is 41.2 Å². The van der Waals surface area contributed by atoms with Gasteiger partial charge >= 0.3 is 5.97 Å². The van der Waals surface area contributed by atoms with Crippen LogP contribution in [0.4, 0.5) is 10.1 Å². The fourth-order valence-electron chi connectivity index (χ4n) is 2.44. The highest BCUT2D eigenvalue weighted by Crippen LogP contribution is 2.34. The molecule has 0 atom stereocenters. The molecule has 5 N–H and O–H groups in total. The first-order valence-electron chi connectivity index (χ1n) is 6.92. The van der Waals surface area contributed by atoms with Crippen LogP contribution in [0, 0.1) is 5.82 Å². The van der Waals surface area contributed by atoms with Crippen molar-refractivity contribution in [2.45, 2.75) is 11.4 Å². The van der Waals surface area contributed by atoms with E-state index in [1.165, 1.54) is 30.5 Å². The molecule has 2 heterocycles. The average molecular weight is 365 g/mol. The molecule has 1 aromatic carbocycles. The first kappa shape index (κ1) is 16.7. The number of halogens is 1. The van der Waals surface area contributed by atoms with E-state index in [2.05, 4.69) is 4.98 Å². The lowest BCUT2D eigenvalue weighted by atomic mass is 10.0. The quantitative estimate of drug-likeness (QED) is 0.635. The van der Waals surface area contributed by atoms with Crippen molar-refractivity contribution in [1.29, 1.82) is 0 Å². The third kappa shape index (κ3) is 2.87. The van der Waals surface area contributed by atoms with Crippen LogP contribution in [0.1, 0.15) is 16.7 Å². The number of benzene rings is 1. The number of fused-ring (bicyclic) bond motifs is 1. The van der Waals surface area contributed by atoms with E-state index in [1.54, 1.807) is 4.72 Å². The number of carbonyl (C=O) groups is 1. The molecule has 0 fully saturated rings. The molecule has 0 unspecified atom stereocenters. The van der Waals surface area contributed by atoms with E-state index in [0.29, 0.717) is 11.1 Å². The molecule has 130 valence electrons. The first-order chi connectivity index (χ1) is 11.7. The molecule has 0 saturated heterocycles. The molecule has 8 nitrogen and oxygen atoms in total. The smallest absolute Gasteiger partial charge is 0.356 e. The van der Waals surface area contributed by atoms with Crippen LogP contribution in [0.3, 0.4) is 0 Å². The lowest BCUT2D eigenvalue weighted by molar-refractivity contribution is -0.132. The van der Waals surface area contributed by atoms with Gasteiger partial charge in [-0.1, -0.05) is 12.1 Å². The summed E-state index contributed by atoms with van der Waals surface area (Å²) in [6, 6.07) is 5.55. The van der Waals surface area contributed by atoms with E-state index in [0.717, 1.165) is 0 Å². The molecule has 0 bridgehead atoms. The SMILES string of the molecule is Nc1c(Cc2ccc(F)cc2)cnc2c1C(O)=C(C(=O)O)NS2(=O)=O. The number of anilines is 1. The predicted octanol–water partition coefficient (Wildman–Crippen LogP) is 0.997. The summed E-state index contributed by atoms with van der Waals surface area (Å²) in [6.07, 6.45) is 1.41. The third-order valence-corrected chi connectivity index (χ3v) is 4.94. The van der Waals surface area contributed by atoms with Crippen molar-refractivity contribution < 1.29 is 27.8 Å². The molecule has 1 aliphatic heterocycles. The number of nitrogens with two attached hydrogens (primary N) is 1. The number of aliphatic hydroxyl groups excluding tert-OH is 1. The first-order valence-corrected chi connectivity index (χ1v) is 8.40. The summed E-state index contributed by atoms with van der Waals surface area (Å²) < 4.78 is 38.9. The Morgan fingerprint density at radius 2 is 1.92 bits per heavy atom. The number of pyridine rings is 1. The van der Waals surface area contributed by atoms with Crippen LogP contribution in [-0.2, 0) is 21.2 Å². The van der Waals surface area contributed by atoms with Gasteiger partial charge in [-0.15, -0.1) is 0 Å². The second-order valence-corrected chi connectivity index (χ2v) is 6.91. The van der Waals surface area contributed by atoms with Gasteiger partial charge in [-0.05, 0) is 23.3 Å². The van der Waals surface area contributed by atoms with Gasteiger partial charge in [0.05, 0.1) is 11.3 Å². The maximum absolute atomic E-state index is 13.0. The third-order valence-electron chi connectivity index (χ3n) is 3.65. The van der Waals surface area contributed by atoms with Crippen LogP contribution in [0.5, 0.6) is 0 Å². The van der Waals surface area contributed by atoms with E-state index >= 15 is 0 Å². The molecule has 1 aliphatic rings. The molecule has 10 heteroatoms. The van der Waals surface area contributed by atoms with Crippen LogP contribution in [0.25, 0.3) is 5.76 Å². The van der Waals surface area contributed by atoms with Gasteiger partial charge in [0.25, 0.3) is 10.0 Å². The number of aromatic nitrogens is 1. The Labute approximate surface area is 141 Å². The highest BCUT2D eigenvalue weighted by molar-refractivity contribution is 7.89. The molecule has 3 rings (SSSR count). The van der Waals surface area contributed by atoms with Gasteiger partial charge in [0.15, 0.2) is 16.5 Å². The Kier molecular flexibility index (Phi) is 3.84. The maximum atomic E-state index is 13.0. The Balaban J connectivity index is 2.16. The lowest BCUT2D eigenvalue weighted by Crippen LogP contribution is -2.34. The highest BCUT2D eigenvalue weighted by atomic mass is 32.2. The Morgan fingerprint density at radius 1 is 1.28 bits per heavy atom. The molecule has 0 amide bonds. The van der Waals surface area contributed by atoms with Crippen LogP contribution in [0.2, 0.25) is 0 Å². The summed E-state index contributed by atoms with van der Waals surface area (Å²) in [5, 5.41) is 18.6. The second-order valence-electron chi connectivity index (χ2n) is 5.31. The maximum Gasteiger partial charge on any atom is 0.356 e. The number of nitrogens with one attached hydrogen (secondary N) is 1. The van der Waals surface area contributed by atoms with Gasteiger partial charge in [0.2, 0.25) is 0 Å². The van der Waals surface area contributed by atoms with Gasteiger partial charge in [-0.3, -0.25) is 4.72 Å². The summed E-state index contributed by atoms with van der Waals surface area (Å²) in [7, 11) is -4.28. The fourth-order valence-corrected chi connectivity index (χ4v) is 3.66. The van der Waals surface area contributed by atoms with Crippen LogP contribution >= 0.6 is 0 Å². The number of carboxylic acids is 1. The Morgan fingerprint density at radius 3 is 2.52 bits per heavy atom. The summed E-state index contributed by atoms with van der Waals surface area (Å²) in [6.45, 7) is 0. The largest absolute Gasteiger partial charge is 0.505 e. The van der Waals surface area contributed by atoms with E-state index in [-0.39, 0.29) is 17.7 Å². The number of nitrogen functional groups attached to an aromatic ring is 1. The molecular formula is C15H12FN3O5S. The molecule has 0 aliphatic carbocycles. The zero-order valence-electron chi connectivity index (χ0n) is 12.5. The van der Waals surface area contributed by atoms with Gasteiger partial charge < -0.3 is 15.9 Å². The topological polar surface area (TPSA) is 143 Å². The minimum Gasteiger partial charge on any atom is -0.505 e. The van der Waals surface area contributed by atoms with Crippen molar-refractivity contribution in [3.05, 3.63) is 58.7 Å². The Bertz CT molecular complexity index is 1020. The molecule has 0 radical (unpaired) electrons. The number of aliphatic carboxylic acids is 1. The second kappa shape index (κ2) is 5.74. The Hall–Kier alpha value is -3.14. The van der Waals surface area contributed by atoms with E-state index < -0.39 is 38.3 Å². The van der Waals surface area contributed by atoms with Crippen molar-refractivity contribution in [2.75, 3.05) is 5.73 Å². The summed E-state index contributed by atoms with van der Waals surface area (Å²) in [5.41, 5.74) is 5.61. The summed E-state index contributed by atoms with van der Waals surface area (Å²) >= 11 is 0. The highest BCUT2D eigenvalue weighted by Gasteiger charge is 2.36. The number of hydrogen-bond donors (Lipinski definition) is 4.